The van der Waals surface area contributed by atoms with Gasteiger partial charge in [0.2, 0.25) is 0 Å². The summed E-state index contributed by atoms with van der Waals surface area (Å²) in [6.07, 6.45) is 8.90. The summed E-state index contributed by atoms with van der Waals surface area (Å²) in [6.45, 7) is 1.90. The molecule has 0 bridgehead atoms. The monoisotopic (exact) mass is 331 g/mol. The number of hydrogen-bond acceptors (Lipinski definition) is 3. The Hall–Kier alpha value is -1.72. The lowest BCUT2D eigenvalue weighted by molar-refractivity contribution is 0.126. The fraction of sp³-hybridized carbons (Fsp3) is 0.526. The van der Waals surface area contributed by atoms with Crippen molar-refractivity contribution in [3.05, 3.63) is 41.8 Å². The standard InChI is InChI=1S/C19H26FN3O/c20-17-6-4-15(5-7-17)18-16(13-22-23-18)12-21-14-19(10-11-24)8-2-1-3-9-19/h4-7,13,21,24H,1-3,8-12,14H2,(H,22,23). The molecular formula is C19H26FN3O. The molecule has 0 unspecified atom stereocenters. The van der Waals surface area contributed by atoms with E-state index in [1.54, 1.807) is 12.1 Å². The second kappa shape index (κ2) is 7.90. The van der Waals surface area contributed by atoms with Gasteiger partial charge in [0.25, 0.3) is 0 Å². The number of H-pyrrole nitrogens is 1. The number of nitrogens with zero attached hydrogens (tertiary/aromatic N) is 1. The molecule has 130 valence electrons. The minimum atomic E-state index is -0.235. The first kappa shape index (κ1) is 17.1. The Morgan fingerprint density at radius 2 is 1.92 bits per heavy atom. The van der Waals surface area contributed by atoms with Crippen LogP contribution in [0.5, 0.6) is 0 Å². The van der Waals surface area contributed by atoms with Gasteiger partial charge in [0.1, 0.15) is 5.82 Å². The molecule has 5 heteroatoms. The Kier molecular flexibility index (Phi) is 5.63. The SMILES string of the molecule is OCCC1(CNCc2cn[nH]c2-c2ccc(F)cc2)CCCCC1. The Balaban J connectivity index is 1.63. The van der Waals surface area contributed by atoms with Crippen LogP contribution >= 0.6 is 0 Å². The van der Waals surface area contributed by atoms with Gasteiger partial charge >= 0.3 is 0 Å². The van der Waals surface area contributed by atoms with Gasteiger partial charge in [0.15, 0.2) is 0 Å². The number of nitrogens with one attached hydrogen (secondary N) is 2. The van der Waals surface area contributed by atoms with E-state index in [-0.39, 0.29) is 17.8 Å². The second-order valence-corrected chi connectivity index (χ2v) is 6.91. The minimum absolute atomic E-state index is 0.229. The first-order valence-corrected chi connectivity index (χ1v) is 8.82. The van der Waals surface area contributed by atoms with Crippen LogP contribution in [0.4, 0.5) is 4.39 Å². The maximum Gasteiger partial charge on any atom is 0.123 e. The van der Waals surface area contributed by atoms with Crippen molar-refractivity contribution >= 4 is 0 Å². The van der Waals surface area contributed by atoms with Gasteiger partial charge in [-0.15, -0.1) is 0 Å². The average Bonchev–Trinajstić information content (AvgIpc) is 3.05. The van der Waals surface area contributed by atoms with Crippen LogP contribution in [0.25, 0.3) is 11.3 Å². The smallest absolute Gasteiger partial charge is 0.123 e. The highest BCUT2D eigenvalue weighted by atomic mass is 19.1. The molecule has 0 atom stereocenters. The van der Waals surface area contributed by atoms with E-state index < -0.39 is 0 Å². The van der Waals surface area contributed by atoms with Gasteiger partial charge in [0, 0.05) is 30.8 Å². The zero-order chi connectivity index (χ0) is 16.8. The summed E-state index contributed by atoms with van der Waals surface area (Å²) in [4.78, 5) is 0. The maximum absolute atomic E-state index is 13.1. The van der Waals surface area contributed by atoms with Crippen LogP contribution in [0.1, 0.15) is 44.1 Å². The van der Waals surface area contributed by atoms with Crippen LogP contribution in [0.15, 0.2) is 30.5 Å². The number of hydrogen-bond donors (Lipinski definition) is 3. The zero-order valence-electron chi connectivity index (χ0n) is 14.0. The molecule has 1 heterocycles. The van der Waals surface area contributed by atoms with E-state index in [1.807, 2.05) is 6.20 Å². The van der Waals surface area contributed by atoms with E-state index in [4.69, 9.17) is 0 Å². The maximum atomic E-state index is 13.1. The molecule has 24 heavy (non-hydrogen) atoms. The number of rotatable bonds is 7. The largest absolute Gasteiger partial charge is 0.396 e. The second-order valence-electron chi connectivity index (χ2n) is 6.91. The minimum Gasteiger partial charge on any atom is -0.396 e. The molecule has 1 aliphatic rings. The summed E-state index contributed by atoms with van der Waals surface area (Å²) < 4.78 is 13.1. The van der Waals surface area contributed by atoms with Crippen molar-refractivity contribution in [3.63, 3.8) is 0 Å². The summed E-state index contributed by atoms with van der Waals surface area (Å²) in [5.41, 5.74) is 3.18. The zero-order valence-corrected chi connectivity index (χ0v) is 14.0. The van der Waals surface area contributed by atoms with Crippen molar-refractivity contribution in [2.45, 2.75) is 45.1 Å². The molecule has 1 saturated carbocycles. The molecule has 0 amide bonds. The molecular weight excluding hydrogens is 305 g/mol. The van der Waals surface area contributed by atoms with Gasteiger partial charge < -0.3 is 10.4 Å². The first-order chi connectivity index (χ1) is 11.7. The lowest BCUT2D eigenvalue weighted by Crippen LogP contribution is -2.36. The molecule has 1 fully saturated rings. The summed E-state index contributed by atoms with van der Waals surface area (Å²) in [7, 11) is 0. The van der Waals surface area contributed by atoms with Crippen molar-refractivity contribution in [2.24, 2.45) is 5.41 Å². The topological polar surface area (TPSA) is 60.9 Å². The molecule has 2 aromatic rings. The third-order valence-corrected chi connectivity index (χ3v) is 5.22. The third-order valence-electron chi connectivity index (χ3n) is 5.22. The molecule has 1 aromatic heterocycles. The number of benzene rings is 1. The summed E-state index contributed by atoms with van der Waals surface area (Å²) >= 11 is 0. The van der Waals surface area contributed by atoms with Crippen LogP contribution in [0, 0.1) is 11.2 Å². The van der Waals surface area contributed by atoms with E-state index in [0.29, 0.717) is 0 Å². The number of aromatic amines is 1. The number of aliphatic hydroxyl groups is 1. The van der Waals surface area contributed by atoms with Crippen LogP contribution in [-0.2, 0) is 6.54 Å². The third kappa shape index (κ3) is 4.02. The van der Waals surface area contributed by atoms with Gasteiger partial charge in [-0.3, -0.25) is 5.10 Å². The first-order valence-electron chi connectivity index (χ1n) is 8.82. The number of aromatic nitrogens is 2. The average molecular weight is 331 g/mol. The van der Waals surface area contributed by atoms with E-state index >= 15 is 0 Å². The van der Waals surface area contributed by atoms with Gasteiger partial charge in [-0.2, -0.15) is 5.10 Å². The van der Waals surface area contributed by atoms with Gasteiger partial charge in [-0.25, -0.2) is 4.39 Å². The molecule has 0 aliphatic heterocycles. The van der Waals surface area contributed by atoms with Gasteiger partial charge in [0.05, 0.1) is 11.9 Å². The molecule has 1 aromatic carbocycles. The number of aliphatic hydroxyl groups excluding tert-OH is 1. The van der Waals surface area contributed by atoms with Gasteiger partial charge in [-0.1, -0.05) is 19.3 Å². The molecule has 0 radical (unpaired) electrons. The Bertz CT molecular complexity index is 627. The normalized spacial score (nSPS) is 17.1. The lowest BCUT2D eigenvalue weighted by atomic mass is 9.72. The van der Waals surface area contributed by atoms with Crippen LogP contribution in [0.3, 0.4) is 0 Å². The predicted molar refractivity (Wildman–Crippen MR) is 92.9 cm³/mol. The summed E-state index contributed by atoms with van der Waals surface area (Å²) in [5.74, 6) is -0.235. The van der Waals surface area contributed by atoms with Crippen molar-refractivity contribution in [2.75, 3.05) is 13.2 Å². The summed E-state index contributed by atoms with van der Waals surface area (Å²) in [5, 5.41) is 20.1. The molecule has 3 rings (SSSR count). The highest BCUT2D eigenvalue weighted by Gasteiger charge is 2.31. The van der Waals surface area contributed by atoms with E-state index in [9.17, 15) is 9.50 Å². The molecule has 0 spiro atoms. The molecule has 3 N–H and O–H groups in total. The van der Waals surface area contributed by atoms with Crippen LogP contribution in [0.2, 0.25) is 0 Å². The Morgan fingerprint density at radius 3 is 2.62 bits per heavy atom. The van der Waals surface area contributed by atoms with E-state index in [2.05, 4.69) is 15.5 Å². The Morgan fingerprint density at radius 1 is 1.17 bits per heavy atom. The highest BCUT2D eigenvalue weighted by Crippen LogP contribution is 2.38. The number of halogens is 1. The lowest BCUT2D eigenvalue weighted by Gasteiger charge is -2.37. The van der Waals surface area contributed by atoms with E-state index in [1.165, 1.54) is 44.2 Å². The van der Waals surface area contributed by atoms with Crippen molar-refractivity contribution in [1.82, 2.24) is 15.5 Å². The highest BCUT2D eigenvalue weighted by molar-refractivity contribution is 5.62. The molecule has 1 aliphatic carbocycles. The fourth-order valence-corrected chi connectivity index (χ4v) is 3.83. The van der Waals surface area contributed by atoms with Crippen molar-refractivity contribution in [1.29, 1.82) is 0 Å². The summed E-state index contributed by atoms with van der Waals surface area (Å²) in [6, 6.07) is 6.46. The fourth-order valence-electron chi connectivity index (χ4n) is 3.83. The Labute approximate surface area is 142 Å². The van der Waals surface area contributed by atoms with Gasteiger partial charge in [-0.05, 0) is 48.9 Å². The van der Waals surface area contributed by atoms with Crippen molar-refractivity contribution < 1.29 is 9.50 Å². The predicted octanol–water partition coefficient (Wildman–Crippen LogP) is 3.64. The molecule has 0 saturated heterocycles. The quantitative estimate of drug-likeness (QED) is 0.726. The van der Waals surface area contributed by atoms with E-state index in [0.717, 1.165) is 36.3 Å². The van der Waals surface area contributed by atoms with Crippen LogP contribution < -0.4 is 5.32 Å². The molecule has 4 nitrogen and oxygen atoms in total. The van der Waals surface area contributed by atoms with Crippen molar-refractivity contribution in [3.8, 4) is 11.3 Å². The van der Waals surface area contributed by atoms with Crippen LogP contribution in [-0.4, -0.2) is 28.5 Å².